The quantitative estimate of drug-likeness (QED) is 0.819. The van der Waals surface area contributed by atoms with Crippen LogP contribution in [0.1, 0.15) is 44.2 Å². The van der Waals surface area contributed by atoms with E-state index in [9.17, 15) is 0 Å². The van der Waals surface area contributed by atoms with E-state index in [1.54, 1.807) is 0 Å². The van der Waals surface area contributed by atoms with Crippen molar-refractivity contribution in [2.75, 3.05) is 0 Å². The van der Waals surface area contributed by atoms with Crippen molar-refractivity contribution < 1.29 is 4.74 Å². The summed E-state index contributed by atoms with van der Waals surface area (Å²) in [7, 11) is 0. The van der Waals surface area contributed by atoms with Crippen LogP contribution in [0.15, 0.2) is 48.5 Å². The molecular weight excluding hydrogens is 258 g/mol. The summed E-state index contributed by atoms with van der Waals surface area (Å²) in [5.41, 5.74) is 8.56. The summed E-state index contributed by atoms with van der Waals surface area (Å²) in [6.07, 6.45) is 1.88. The Balaban J connectivity index is 2.07. The van der Waals surface area contributed by atoms with Crippen LogP contribution in [0.3, 0.4) is 0 Å². The first kappa shape index (κ1) is 15.6. The summed E-state index contributed by atoms with van der Waals surface area (Å²) < 4.78 is 5.93. The molecule has 0 saturated heterocycles. The van der Waals surface area contributed by atoms with Crippen molar-refractivity contribution in [1.82, 2.24) is 0 Å². The van der Waals surface area contributed by atoms with Crippen LogP contribution < -0.4 is 10.5 Å². The summed E-state index contributed by atoms with van der Waals surface area (Å²) in [5.74, 6) is 2.28. The van der Waals surface area contributed by atoms with Crippen LogP contribution in [0.2, 0.25) is 0 Å². The van der Waals surface area contributed by atoms with E-state index in [0.29, 0.717) is 5.92 Å². The zero-order chi connectivity index (χ0) is 15.2. The van der Waals surface area contributed by atoms with Crippen LogP contribution in [0.4, 0.5) is 0 Å². The average Bonchev–Trinajstić information content (AvgIpc) is 2.48. The second-order valence-corrected chi connectivity index (χ2v) is 5.85. The predicted molar refractivity (Wildman–Crippen MR) is 89.0 cm³/mol. The minimum Gasteiger partial charge on any atom is -0.457 e. The van der Waals surface area contributed by atoms with E-state index in [0.717, 1.165) is 24.3 Å². The minimum absolute atomic E-state index is 0.213. The van der Waals surface area contributed by atoms with Crippen LogP contribution in [-0.4, -0.2) is 6.04 Å². The first-order valence-electron chi connectivity index (χ1n) is 7.70. The number of benzene rings is 2. The van der Waals surface area contributed by atoms with E-state index in [-0.39, 0.29) is 6.04 Å². The van der Waals surface area contributed by atoms with Crippen molar-refractivity contribution in [3.63, 3.8) is 0 Å². The maximum Gasteiger partial charge on any atom is 0.127 e. The monoisotopic (exact) mass is 283 g/mol. The van der Waals surface area contributed by atoms with Crippen molar-refractivity contribution in [3.8, 4) is 11.5 Å². The maximum absolute atomic E-state index is 6.01. The van der Waals surface area contributed by atoms with Gasteiger partial charge in [0.2, 0.25) is 0 Å². The van der Waals surface area contributed by atoms with Gasteiger partial charge in [0.15, 0.2) is 0 Å². The molecule has 2 nitrogen and oxygen atoms in total. The lowest BCUT2D eigenvalue weighted by Crippen LogP contribution is -2.21. The summed E-state index contributed by atoms with van der Waals surface area (Å²) in [6.45, 7) is 6.49. The molecule has 1 atom stereocenters. The Morgan fingerprint density at radius 1 is 1.00 bits per heavy atom. The van der Waals surface area contributed by atoms with Crippen molar-refractivity contribution in [2.24, 2.45) is 5.73 Å². The normalized spacial score (nSPS) is 12.4. The van der Waals surface area contributed by atoms with Crippen molar-refractivity contribution >= 4 is 0 Å². The largest absolute Gasteiger partial charge is 0.457 e. The van der Waals surface area contributed by atoms with Gasteiger partial charge in [-0.2, -0.15) is 0 Å². The van der Waals surface area contributed by atoms with Crippen LogP contribution in [0.5, 0.6) is 11.5 Å². The van der Waals surface area contributed by atoms with Gasteiger partial charge in [-0.25, -0.2) is 0 Å². The van der Waals surface area contributed by atoms with Crippen molar-refractivity contribution in [2.45, 2.75) is 45.6 Å². The molecule has 0 aromatic heterocycles. The van der Waals surface area contributed by atoms with E-state index in [1.165, 1.54) is 11.1 Å². The third-order valence-electron chi connectivity index (χ3n) is 3.70. The van der Waals surface area contributed by atoms with Gasteiger partial charge in [-0.05, 0) is 54.2 Å². The van der Waals surface area contributed by atoms with Gasteiger partial charge in [-0.1, -0.05) is 45.0 Å². The van der Waals surface area contributed by atoms with Gasteiger partial charge < -0.3 is 10.5 Å². The molecule has 0 radical (unpaired) electrons. The molecule has 2 aromatic carbocycles. The Bertz CT molecular complexity index is 560. The van der Waals surface area contributed by atoms with E-state index >= 15 is 0 Å². The summed E-state index contributed by atoms with van der Waals surface area (Å²) >= 11 is 0. The zero-order valence-electron chi connectivity index (χ0n) is 13.2. The Kier molecular flexibility index (Phi) is 5.40. The molecule has 0 heterocycles. The van der Waals surface area contributed by atoms with Gasteiger partial charge in [0.05, 0.1) is 0 Å². The van der Waals surface area contributed by atoms with Gasteiger partial charge in [0.1, 0.15) is 11.5 Å². The van der Waals surface area contributed by atoms with Crippen LogP contribution in [0.25, 0.3) is 0 Å². The highest BCUT2D eigenvalue weighted by Gasteiger charge is 2.04. The highest BCUT2D eigenvalue weighted by Crippen LogP contribution is 2.25. The molecule has 1 unspecified atom stereocenters. The molecule has 21 heavy (non-hydrogen) atoms. The number of hydrogen-bond donors (Lipinski definition) is 1. The lowest BCUT2D eigenvalue weighted by atomic mass is 10.0. The first-order chi connectivity index (χ1) is 10.1. The molecule has 2 heteroatoms. The Hall–Kier alpha value is -1.80. The molecule has 0 fully saturated rings. The van der Waals surface area contributed by atoms with Crippen molar-refractivity contribution in [3.05, 3.63) is 59.7 Å². The fourth-order valence-corrected chi connectivity index (χ4v) is 2.24. The van der Waals surface area contributed by atoms with Crippen LogP contribution in [0, 0.1) is 0 Å². The smallest absolute Gasteiger partial charge is 0.127 e. The standard InChI is InChI=1S/C19H25NO/c1-4-17(20)12-15-6-5-7-19(13-15)21-18-10-8-16(9-11-18)14(2)3/h5-11,13-14,17H,4,12,20H2,1-3H3. The molecule has 0 saturated carbocycles. The van der Waals surface area contributed by atoms with E-state index in [1.807, 2.05) is 24.3 Å². The van der Waals surface area contributed by atoms with Gasteiger partial charge in [-0.15, -0.1) is 0 Å². The molecule has 0 bridgehead atoms. The molecule has 0 aliphatic rings. The SMILES string of the molecule is CCC(N)Cc1cccc(Oc2ccc(C(C)C)cc2)c1. The third-order valence-corrected chi connectivity index (χ3v) is 3.70. The Morgan fingerprint density at radius 3 is 2.33 bits per heavy atom. The lowest BCUT2D eigenvalue weighted by molar-refractivity contribution is 0.481. The first-order valence-corrected chi connectivity index (χ1v) is 7.70. The Morgan fingerprint density at radius 2 is 1.71 bits per heavy atom. The van der Waals surface area contributed by atoms with E-state index < -0.39 is 0 Å². The predicted octanol–water partition coefficient (Wildman–Crippen LogP) is 4.88. The summed E-state index contributed by atoms with van der Waals surface area (Å²) in [4.78, 5) is 0. The molecule has 0 aliphatic heterocycles. The zero-order valence-corrected chi connectivity index (χ0v) is 13.2. The molecule has 112 valence electrons. The molecule has 0 amide bonds. The lowest BCUT2D eigenvalue weighted by Gasteiger charge is -2.11. The topological polar surface area (TPSA) is 35.2 Å². The van der Waals surface area contributed by atoms with Gasteiger partial charge in [0, 0.05) is 6.04 Å². The number of rotatable bonds is 6. The van der Waals surface area contributed by atoms with Gasteiger partial charge >= 0.3 is 0 Å². The molecule has 2 rings (SSSR count). The fraction of sp³-hybridized carbons (Fsp3) is 0.368. The molecular formula is C19H25NO. The molecule has 2 N–H and O–H groups in total. The second-order valence-electron chi connectivity index (χ2n) is 5.85. The summed E-state index contributed by atoms with van der Waals surface area (Å²) in [5, 5.41) is 0. The summed E-state index contributed by atoms with van der Waals surface area (Å²) in [6, 6.07) is 16.7. The maximum atomic E-state index is 6.01. The average molecular weight is 283 g/mol. The van der Waals surface area contributed by atoms with E-state index in [4.69, 9.17) is 10.5 Å². The molecule has 0 aliphatic carbocycles. The van der Waals surface area contributed by atoms with Gasteiger partial charge in [0.25, 0.3) is 0 Å². The second kappa shape index (κ2) is 7.28. The number of ether oxygens (including phenoxy) is 1. The van der Waals surface area contributed by atoms with Gasteiger partial charge in [-0.3, -0.25) is 0 Å². The van der Waals surface area contributed by atoms with Crippen LogP contribution >= 0.6 is 0 Å². The Labute approximate surface area is 127 Å². The number of nitrogens with two attached hydrogens (primary N) is 1. The van der Waals surface area contributed by atoms with E-state index in [2.05, 4.69) is 45.0 Å². The molecule has 2 aromatic rings. The van der Waals surface area contributed by atoms with Crippen molar-refractivity contribution in [1.29, 1.82) is 0 Å². The highest BCUT2D eigenvalue weighted by molar-refractivity contribution is 5.36. The highest BCUT2D eigenvalue weighted by atomic mass is 16.5. The molecule has 0 spiro atoms. The third kappa shape index (κ3) is 4.61. The minimum atomic E-state index is 0.213. The number of hydrogen-bond acceptors (Lipinski definition) is 2. The van der Waals surface area contributed by atoms with Crippen LogP contribution in [-0.2, 0) is 6.42 Å². The fourth-order valence-electron chi connectivity index (χ4n) is 2.24.